The number of pyridine rings is 1. The normalized spacial score (nSPS) is 12.1. The second-order valence-electron chi connectivity index (χ2n) is 4.74. The van der Waals surface area contributed by atoms with Crippen molar-refractivity contribution >= 4 is 37.8 Å². The number of carbonyl (C=O) groups is 1. The maximum absolute atomic E-state index is 12.0. The second-order valence-corrected chi connectivity index (χ2v) is 6.51. The highest BCUT2D eigenvalue weighted by Crippen LogP contribution is 2.17. The lowest BCUT2D eigenvalue weighted by Gasteiger charge is -2.10. The molecule has 110 valence electrons. The van der Waals surface area contributed by atoms with E-state index in [0.717, 1.165) is 15.6 Å². The van der Waals surface area contributed by atoms with Crippen molar-refractivity contribution in [3.8, 4) is 0 Å². The van der Waals surface area contributed by atoms with Gasteiger partial charge in [0.25, 0.3) is 5.56 Å². The highest BCUT2D eigenvalue weighted by Gasteiger charge is 2.13. The van der Waals surface area contributed by atoms with Gasteiger partial charge in [-0.15, -0.1) is 0 Å². The molecular weight excluding hydrogens is 402 g/mol. The van der Waals surface area contributed by atoms with E-state index in [1.807, 2.05) is 12.1 Å². The smallest absolute Gasteiger partial charge is 0.310 e. The number of hydrogen-bond acceptors (Lipinski definition) is 2. The lowest BCUT2D eigenvalue weighted by atomic mass is 10.00. The summed E-state index contributed by atoms with van der Waals surface area (Å²) in [5.74, 6) is -1.39. The van der Waals surface area contributed by atoms with Gasteiger partial charge in [0.05, 0.1) is 16.9 Å². The van der Waals surface area contributed by atoms with Crippen LogP contribution in [0.4, 0.5) is 0 Å². The summed E-state index contributed by atoms with van der Waals surface area (Å²) in [6, 6.07) is 8.96. The van der Waals surface area contributed by atoms with Crippen molar-refractivity contribution in [3.63, 3.8) is 0 Å². The molecule has 0 aliphatic carbocycles. The molecule has 0 fully saturated rings. The van der Waals surface area contributed by atoms with Crippen molar-refractivity contribution in [2.45, 2.75) is 19.4 Å². The molecule has 1 unspecified atom stereocenters. The Morgan fingerprint density at radius 1 is 1.29 bits per heavy atom. The van der Waals surface area contributed by atoms with Crippen LogP contribution in [0.15, 0.2) is 50.3 Å². The minimum Gasteiger partial charge on any atom is -0.481 e. The number of carboxylic acids is 1. The fraction of sp³-hybridized carbons (Fsp3) is 0.200. The zero-order valence-corrected chi connectivity index (χ0v) is 14.4. The van der Waals surface area contributed by atoms with Gasteiger partial charge in [-0.05, 0) is 56.0 Å². The van der Waals surface area contributed by atoms with Gasteiger partial charge in [-0.3, -0.25) is 9.59 Å². The number of aliphatic carboxylic acids is 1. The maximum atomic E-state index is 12.0. The Bertz CT molecular complexity index is 723. The molecule has 4 nitrogen and oxygen atoms in total. The minimum absolute atomic E-state index is 0.110. The first kappa shape index (κ1) is 16.0. The summed E-state index contributed by atoms with van der Waals surface area (Å²) in [6.45, 7) is 2.08. The quantitative estimate of drug-likeness (QED) is 0.831. The summed E-state index contributed by atoms with van der Waals surface area (Å²) in [5.41, 5.74) is 1.57. The predicted molar refractivity (Wildman–Crippen MR) is 87.7 cm³/mol. The lowest BCUT2D eigenvalue weighted by Crippen LogP contribution is -2.20. The van der Waals surface area contributed by atoms with Crippen molar-refractivity contribution in [1.29, 1.82) is 0 Å². The summed E-state index contributed by atoms with van der Waals surface area (Å²) in [7, 11) is 0. The molecule has 6 heteroatoms. The van der Waals surface area contributed by atoms with E-state index in [9.17, 15) is 9.59 Å². The van der Waals surface area contributed by atoms with Crippen LogP contribution in [0.2, 0.25) is 0 Å². The molecular formula is C15H13Br2NO3. The topological polar surface area (TPSA) is 59.3 Å². The van der Waals surface area contributed by atoms with Crippen LogP contribution in [0.3, 0.4) is 0 Å². The molecule has 1 aromatic carbocycles. The first-order valence-corrected chi connectivity index (χ1v) is 7.84. The van der Waals surface area contributed by atoms with E-state index in [1.165, 1.54) is 0 Å². The molecule has 0 aliphatic heterocycles. The fourth-order valence-electron chi connectivity index (χ4n) is 1.93. The molecule has 0 aliphatic rings. The standard InChI is InChI=1S/C15H13Br2NO3/c1-9(15(20)21)11-4-2-10(3-5-11)7-18-8-12(16)6-13(17)14(18)19/h2-6,8-9H,7H2,1H3,(H,20,21). The Hall–Kier alpha value is -1.40. The summed E-state index contributed by atoms with van der Waals surface area (Å²) < 4.78 is 2.89. The van der Waals surface area contributed by atoms with Crippen LogP contribution >= 0.6 is 31.9 Å². The lowest BCUT2D eigenvalue weighted by molar-refractivity contribution is -0.138. The molecule has 0 bridgehead atoms. The molecule has 0 radical (unpaired) electrons. The third kappa shape index (κ3) is 3.83. The Morgan fingerprint density at radius 3 is 2.48 bits per heavy atom. The molecule has 1 N–H and O–H groups in total. The molecule has 0 spiro atoms. The van der Waals surface area contributed by atoms with Crippen molar-refractivity contribution in [1.82, 2.24) is 4.57 Å². The average molecular weight is 415 g/mol. The first-order valence-electron chi connectivity index (χ1n) is 6.25. The van der Waals surface area contributed by atoms with Gasteiger partial charge >= 0.3 is 5.97 Å². The highest BCUT2D eigenvalue weighted by atomic mass is 79.9. The number of hydrogen-bond donors (Lipinski definition) is 1. The Balaban J connectivity index is 2.25. The Labute approximate surface area is 138 Å². The van der Waals surface area contributed by atoms with Crippen LogP contribution in [0.1, 0.15) is 24.0 Å². The summed E-state index contributed by atoms with van der Waals surface area (Å²) in [5, 5.41) is 8.98. The van der Waals surface area contributed by atoms with Gasteiger partial charge in [-0.25, -0.2) is 0 Å². The molecule has 0 amide bonds. The van der Waals surface area contributed by atoms with Crippen LogP contribution in [0, 0.1) is 0 Å². The molecule has 0 saturated heterocycles. The summed E-state index contributed by atoms with van der Waals surface area (Å²) >= 11 is 6.58. The first-order chi connectivity index (χ1) is 9.88. The average Bonchev–Trinajstić information content (AvgIpc) is 2.44. The van der Waals surface area contributed by atoms with Gasteiger partial charge in [0, 0.05) is 10.7 Å². The van der Waals surface area contributed by atoms with Crippen LogP contribution < -0.4 is 5.56 Å². The number of carboxylic acid groups (broad SMARTS) is 1. The largest absolute Gasteiger partial charge is 0.481 e. The van der Waals surface area contributed by atoms with E-state index in [2.05, 4.69) is 31.9 Å². The highest BCUT2D eigenvalue weighted by molar-refractivity contribution is 9.11. The van der Waals surface area contributed by atoms with Gasteiger partial charge < -0.3 is 9.67 Å². The summed E-state index contributed by atoms with van der Waals surface area (Å²) in [4.78, 5) is 22.9. The number of rotatable bonds is 4. The second kappa shape index (κ2) is 6.58. The van der Waals surface area contributed by atoms with E-state index in [1.54, 1.807) is 35.9 Å². The van der Waals surface area contributed by atoms with Crippen molar-refractivity contribution in [2.75, 3.05) is 0 Å². The molecule has 0 saturated carbocycles. The maximum Gasteiger partial charge on any atom is 0.310 e. The Kier molecular flexibility index (Phi) is 5.00. The van der Waals surface area contributed by atoms with Crippen LogP contribution in [0.5, 0.6) is 0 Å². The SMILES string of the molecule is CC(C(=O)O)c1ccc(Cn2cc(Br)cc(Br)c2=O)cc1. The third-order valence-corrected chi connectivity index (χ3v) is 4.21. The Morgan fingerprint density at radius 2 is 1.90 bits per heavy atom. The number of halogens is 2. The van der Waals surface area contributed by atoms with Gasteiger partial charge in [0.1, 0.15) is 0 Å². The van der Waals surface area contributed by atoms with E-state index >= 15 is 0 Å². The number of nitrogens with zero attached hydrogens (tertiary/aromatic N) is 1. The third-order valence-electron chi connectivity index (χ3n) is 3.21. The molecule has 1 atom stereocenters. The molecule has 1 aromatic heterocycles. The van der Waals surface area contributed by atoms with Gasteiger partial charge in [-0.2, -0.15) is 0 Å². The van der Waals surface area contributed by atoms with Gasteiger partial charge in [0.15, 0.2) is 0 Å². The van der Waals surface area contributed by atoms with Crippen molar-refractivity contribution in [2.24, 2.45) is 0 Å². The van der Waals surface area contributed by atoms with E-state index in [0.29, 0.717) is 11.0 Å². The predicted octanol–water partition coefficient (Wildman–Crippen LogP) is 3.61. The minimum atomic E-state index is -0.852. The van der Waals surface area contributed by atoms with Crippen molar-refractivity contribution in [3.05, 3.63) is 67.0 Å². The van der Waals surface area contributed by atoms with Crippen LogP contribution in [-0.4, -0.2) is 15.6 Å². The zero-order valence-electron chi connectivity index (χ0n) is 11.2. The molecule has 1 heterocycles. The number of benzene rings is 1. The monoisotopic (exact) mass is 413 g/mol. The molecule has 2 rings (SSSR count). The van der Waals surface area contributed by atoms with Crippen molar-refractivity contribution < 1.29 is 9.90 Å². The van der Waals surface area contributed by atoms with Gasteiger partial charge in [-0.1, -0.05) is 24.3 Å². The molecule has 2 aromatic rings. The fourth-order valence-corrected chi connectivity index (χ4v) is 3.19. The van der Waals surface area contributed by atoms with Crippen LogP contribution in [-0.2, 0) is 11.3 Å². The van der Waals surface area contributed by atoms with E-state index in [4.69, 9.17) is 5.11 Å². The van der Waals surface area contributed by atoms with E-state index in [-0.39, 0.29) is 5.56 Å². The zero-order chi connectivity index (χ0) is 15.6. The summed E-state index contributed by atoms with van der Waals surface area (Å²) in [6.07, 6.45) is 1.72. The number of aromatic nitrogens is 1. The van der Waals surface area contributed by atoms with E-state index < -0.39 is 11.9 Å². The van der Waals surface area contributed by atoms with Crippen LogP contribution in [0.25, 0.3) is 0 Å². The van der Waals surface area contributed by atoms with Gasteiger partial charge in [0.2, 0.25) is 0 Å². The molecule has 21 heavy (non-hydrogen) atoms.